The van der Waals surface area contributed by atoms with Gasteiger partial charge in [0.05, 0.1) is 25.7 Å². The highest BCUT2D eigenvalue weighted by Crippen LogP contribution is 2.25. The lowest BCUT2D eigenvalue weighted by Crippen LogP contribution is -2.24. The van der Waals surface area contributed by atoms with Crippen LogP contribution in [0, 0.1) is 0 Å². The fourth-order valence-electron chi connectivity index (χ4n) is 2.23. The third kappa shape index (κ3) is 4.21. The average molecular weight is 358 g/mol. The van der Waals surface area contributed by atoms with Gasteiger partial charge in [0, 0.05) is 12.6 Å². The van der Waals surface area contributed by atoms with E-state index in [1.54, 1.807) is 19.4 Å². The Labute approximate surface area is 149 Å². The SMILES string of the molecule is COc1cccc(-c2nnc(SCC(=O)NCc3ccco3)n2C)c1. The monoisotopic (exact) mass is 358 g/mol. The molecule has 0 fully saturated rings. The van der Waals surface area contributed by atoms with Crippen molar-refractivity contribution >= 4 is 17.7 Å². The normalized spacial score (nSPS) is 10.6. The second-order valence-electron chi connectivity index (χ2n) is 5.24. The predicted molar refractivity (Wildman–Crippen MR) is 94.3 cm³/mol. The molecular weight excluding hydrogens is 340 g/mol. The van der Waals surface area contributed by atoms with E-state index in [2.05, 4.69) is 15.5 Å². The van der Waals surface area contributed by atoms with E-state index < -0.39 is 0 Å². The second kappa shape index (κ2) is 7.89. The summed E-state index contributed by atoms with van der Waals surface area (Å²) in [5.41, 5.74) is 0.906. The third-order valence-electron chi connectivity index (χ3n) is 3.54. The van der Waals surface area contributed by atoms with E-state index in [4.69, 9.17) is 9.15 Å². The average Bonchev–Trinajstić information content (AvgIpc) is 3.28. The van der Waals surface area contributed by atoms with Gasteiger partial charge in [-0.2, -0.15) is 0 Å². The van der Waals surface area contributed by atoms with E-state index in [1.807, 2.05) is 41.9 Å². The molecule has 7 nitrogen and oxygen atoms in total. The Bertz CT molecular complexity index is 845. The highest BCUT2D eigenvalue weighted by Gasteiger charge is 2.13. The van der Waals surface area contributed by atoms with Gasteiger partial charge in [-0.25, -0.2) is 0 Å². The molecule has 1 aromatic carbocycles. The molecule has 0 unspecified atom stereocenters. The zero-order chi connectivity index (χ0) is 17.6. The molecule has 0 aliphatic carbocycles. The van der Waals surface area contributed by atoms with Crippen molar-refractivity contribution in [3.63, 3.8) is 0 Å². The lowest BCUT2D eigenvalue weighted by Gasteiger charge is -2.06. The van der Waals surface area contributed by atoms with Gasteiger partial charge in [-0.15, -0.1) is 10.2 Å². The smallest absolute Gasteiger partial charge is 0.230 e. The maximum absolute atomic E-state index is 11.9. The molecule has 3 rings (SSSR count). The molecule has 0 aliphatic rings. The van der Waals surface area contributed by atoms with Crippen molar-refractivity contribution < 1.29 is 13.9 Å². The van der Waals surface area contributed by atoms with Crippen molar-refractivity contribution in [1.82, 2.24) is 20.1 Å². The van der Waals surface area contributed by atoms with Crippen LogP contribution in [0.15, 0.2) is 52.2 Å². The summed E-state index contributed by atoms with van der Waals surface area (Å²) < 4.78 is 12.3. The number of nitrogens with zero attached hydrogens (tertiary/aromatic N) is 3. The van der Waals surface area contributed by atoms with Crippen molar-refractivity contribution in [1.29, 1.82) is 0 Å². The Balaban J connectivity index is 1.60. The fraction of sp³-hybridized carbons (Fsp3) is 0.235. The first-order valence-electron chi connectivity index (χ1n) is 7.63. The molecule has 0 radical (unpaired) electrons. The van der Waals surface area contributed by atoms with Crippen LogP contribution in [0.25, 0.3) is 11.4 Å². The number of methoxy groups -OCH3 is 1. The summed E-state index contributed by atoms with van der Waals surface area (Å²) in [6, 6.07) is 11.2. The Morgan fingerprint density at radius 3 is 2.96 bits per heavy atom. The molecule has 1 N–H and O–H groups in total. The van der Waals surface area contributed by atoms with Crippen molar-refractivity contribution in [3.05, 3.63) is 48.4 Å². The molecule has 0 saturated heterocycles. The number of thioether (sulfide) groups is 1. The summed E-state index contributed by atoms with van der Waals surface area (Å²) in [4.78, 5) is 11.9. The topological polar surface area (TPSA) is 82.2 Å². The number of carbonyl (C=O) groups is 1. The molecule has 1 amide bonds. The Hall–Kier alpha value is -2.74. The summed E-state index contributed by atoms with van der Waals surface area (Å²) in [7, 11) is 3.50. The molecule has 0 saturated carbocycles. The summed E-state index contributed by atoms with van der Waals surface area (Å²) >= 11 is 1.33. The Kier molecular flexibility index (Phi) is 5.39. The van der Waals surface area contributed by atoms with Crippen LogP contribution in [-0.4, -0.2) is 33.5 Å². The number of furan rings is 1. The van der Waals surface area contributed by atoms with Gasteiger partial charge in [0.1, 0.15) is 11.5 Å². The number of ether oxygens (including phenoxy) is 1. The fourth-order valence-corrected chi connectivity index (χ4v) is 2.98. The maximum atomic E-state index is 11.9. The van der Waals surface area contributed by atoms with E-state index in [0.29, 0.717) is 11.7 Å². The van der Waals surface area contributed by atoms with E-state index in [-0.39, 0.29) is 11.7 Å². The molecule has 0 atom stereocenters. The summed E-state index contributed by atoms with van der Waals surface area (Å²) in [6.07, 6.45) is 1.58. The number of carbonyl (C=O) groups excluding carboxylic acids is 1. The molecular formula is C17H18N4O3S. The molecule has 8 heteroatoms. The zero-order valence-electron chi connectivity index (χ0n) is 13.9. The van der Waals surface area contributed by atoms with Gasteiger partial charge in [-0.1, -0.05) is 23.9 Å². The zero-order valence-corrected chi connectivity index (χ0v) is 14.7. The van der Waals surface area contributed by atoms with Crippen LogP contribution in [0.5, 0.6) is 5.75 Å². The van der Waals surface area contributed by atoms with Crippen molar-refractivity contribution in [2.24, 2.45) is 7.05 Å². The molecule has 0 aliphatic heterocycles. The highest BCUT2D eigenvalue weighted by atomic mass is 32.2. The molecule has 130 valence electrons. The van der Waals surface area contributed by atoms with Gasteiger partial charge in [0.25, 0.3) is 0 Å². The number of hydrogen-bond acceptors (Lipinski definition) is 6. The van der Waals surface area contributed by atoms with Crippen molar-refractivity contribution in [3.8, 4) is 17.1 Å². The predicted octanol–water partition coefficient (Wildman–Crippen LogP) is 2.49. The minimum Gasteiger partial charge on any atom is -0.497 e. The maximum Gasteiger partial charge on any atom is 0.230 e. The Morgan fingerprint density at radius 1 is 1.32 bits per heavy atom. The molecule has 2 aromatic heterocycles. The van der Waals surface area contributed by atoms with Gasteiger partial charge < -0.3 is 19.0 Å². The van der Waals surface area contributed by atoms with E-state index in [9.17, 15) is 4.79 Å². The van der Waals surface area contributed by atoms with Crippen molar-refractivity contribution in [2.45, 2.75) is 11.7 Å². The summed E-state index contributed by atoms with van der Waals surface area (Å²) in [6.45, 7) is 0.375. The molecule has 2 heterocycles. The first kappa shape index (κ1) is 17.1. The minimum absolute atomic E-state index is 0.0904. The number of benzene rings is 1. The lowest BCUT2D eigenvalue weighted by atomic mass is 10.2. The van der Waals surface area contributed by atoms with Gasteiger partial charge >= 0.3 is 0 Å². The summed E-state index contributed by atoms with van der Waals surface area (Å²) in [5.74, 6) is 2.36. The quantitative estimate of drug-likeness (QED) is 0.654. The lowest BCUT2D eigenvalue weighted by molar-refractivity contribution is -0.118. The number of aromatic nitrogens is 3. The van der Waals surface area contributed by atoms with Gasteiger partial charge in [0.2, 0.25) is 5.91 Å². The first-order chi connectivity index (χ1) is 12.2. The number of amides is 1. The van der Waals surface area contributed by atoms with Gasteiger partial charge in [-0.05, 0) is 24.3 Å². The Morgan fingerprint density at radius 2 is 2.20 bits per heavy atom. The van der Waals surface area contributed by atoms with Crippen LogP contribution < -0.4 is 10.1 Å². The van der Waals surface area contributed by atoms with Crippen LogP contribution in [-0.2, 0) is 18.4 Å². The van der Waals surface area contributed by atoms with Gasteiger partial charge in [0.15, 0.2) is 11.0 Å². The highest BCUT2D eigenvalue weighted by molar-refractivity contribution is 7.99. The second-order valence-corrected chi connectivity index (χ2v) is 6.18. The third-order valence-corrected chi connectivity index (χ3v) is 4.56. The molecule has 0 bridgehead atoms. The molecule has 3 aromatic rings. The standard InChI is InChI=1S/C17H18N4O3S/c1-21-16(12-5-3-6-13(9-12)23-2)19-20-17(21)25-11-15(22)18-10-14-7-4-8-24-14/h3-9H,10-11H2,1-2H3,(H,18,22). The molecule has 0 spiro atoms. The summed E-state index contributed by atoms with van der Waals surface area (Å²) in [5, 5.41) is 11.9. The minimum atomic E-state index is -0.0904. The van der Waals surface area contributed by atoms with Crippen molar-refractivity contribution in [2.75, 3.05) is 12.9 Å². The van der Waals surface area contributed by atoms with Crippen LogP contribution in [0.4, 0.5) is 0 Å². The van der Waals surface area contributed by atoms with E-state index in [1.165, 1.54) is 11.8 Å². The van der Waals surface area contributed by atoms with Crippen LogP contribution in [0.2, 0.25) is 0 Å². The van der Waals surface area contributed by atoms with E-state index >= 15 is 0 Å². The number of hydrogen-bond donors (Lipinski definition) is 1. The van der Waals surface area contributed by atoms with Crippen LogP contribution >= 0.6 is 11.8 Å². The number of nitrogens with one attached hydrogen (secondary N) is 1. The molecule has 25 heavy (non-hydrogen) atoms. The largest absolute Gasteiger partial charge is 0.497 e. The first-order valence-corrected chi connectivity index (χ1v) is 8.61. The van der Waals surface area contributed by atoms with Crippen LogP contribution in [0.1, 0.15) is 5.76 Å². The van der Waals surface area contributed by atoms with Gasteiger partial charge in [-0.3, -0.25) is 4.79 Å². The van der Waals surface area contributed by atoms with Crippen LogP contribution in [0.3, 0.4) is 0 Å². The van der Waals surface area contributed by atoms with E-state index in [0.717, 1.165) is 22.9 Å². The number of rotatable bonds is 7.